The van der Waals surface area contributed by atoms with Crippen LogP contribution >= 0.6 is 0 Å². The van der Waals surface area contributed by atoms with Gasteiger partial charge in [-0.1, -0.05) is 43.2 Å². The predicted octanol–water partition coefficient (Wildman–Crippen LogP) is 4.31. The molecule has 2 aromatic carbocycles. The molecule has 1 saturated heterocycles. The minimum atomic E-state index is -1.31. The number of carbonyl (C=O) groups excluding carboxylic acids is 1. The second kappa shape index (κ2) is 7.94. The zero-order valence-corrected chi connectivity index (χ0v) is 16.6. The summed E-state index contributed by atoms with van der Waals surface area (Å²) in [6.45, 7) is 6.29. The van der Waals surface area contributed by atoms with Crippen LogP contribution in [-0.2, 0) is 26.6 Å². The molecular formula is C23H27NO4. The van der Waals surface area contributed by atoms with Crippen molar-refractivity contribution in [1.29, 1.82) is 0 Å². The van der Waals surface area contributed by atoms with Crippen LogP contribution < -0.4 is 9.64 Å². The van der Waals surface area contributed by atoms with Crippen LogP contribution in [0.1, 0.15) is 42.9 Å². The van der Waals surface area contributed by atoms with E-state index in [-0.39, 0.29) is 5.91 Å². The maximum Gasteiger partial charge on any atom is 0.292 e. The van der Waals surface area contributed by atoms with Crippen LogP contribution in [0.25, 0.3) is 0 Å². The molecule has 1 amide bonds. The zero-order valence-electron chi connectivity index (χ0n) is 16.6. The van der Waals surface area contributed by atoms with Gasteiger partial charge in [-0.3, -0.25) is 4.79 Å². The Morgan fingerprint density at radius 2 is 1.93 bits per heavy atom. The van der Waals surface area contributed by atoms with E-state index in [1.54, 1.807) is 4.90 Å². The summed E-state index contributed by atoms with van der Waals surface area (Å²) in [4.78, 5) is 15.2. The molecule has 28 heavy (non-hydrogen) atoms. The lowest BCUT2D eigenvalue weighted by molar-refractivity contribution is -0.256. The Hall–Kier alpha value is -2.37. The van der Waals surface area contributed by atoms with Crippen LogP contribution in [0.5, 0.6) is 5.75 Å². The van der Waals surface area contributed by atoms with E-state index >= 15 is 0 Å². The topological polar surface area (TPSA) is 48.0 Å². The predicted molar refractivity (Wildman–Crippen MR) is 107 cm³/mol. The summed E-state index contributed by atoms with van der Waals surface area (Å²) in [5.74, 6) is -0.641. The summed E-state index contributed by atoms with van der Waals surface area (Å²) in [6.07, 6.45) is 2.88. The van der Waals surface area contributed by atoms with Gasteiger partial charge in [0.05, 0.1) is 32.1 Å². The third kappa shape index (κ3) is 3.29. The second-order valence-corrected chi connectivity index (χ2v) is 7.39. The molecule has 2 heterocycles. The van der Waals surface area contributed by atoms with Gasteiger partial charge in [0.1, 0.15) is 5.75 Å². The van der Waals surface area contributed by atoms with Crippen molar-refractivity contribution in [2.75, 3.05) is 24.7 Å². The van der Waals surface area contributed by atoms with Crippen molar-refractivity contribution >= 4 is 11.6 Å². The molecule has 0 bridgehead atoms. The number of rotatable bonds is 6. The van der Waals surface area contributed by atoms with Crippen LogP contribution in [0.3, 0.4) is 0 Å². The van der Waals surface area contributed by atoms with Gasteiger partial charge in [0.25, 0.3) is 11.7 Å². The maximum atomic E-state index is 13.5. The first-order chi connectivity index (χ1) is 13.7. The fraction of sp³-hybridized carbons (Fsp3) is 0.435. The highest BCUT2D eigenvalue weighted by Crippen LogP contribution is 2.46. The normalized spacial score (nSPS) is 17.8. The number of nitrogens with zero attached hydrogens (tertiary/aromatic N) is 1. The summed E-state index contributed by atoms with van der Waals surface area (Å²) in [5, 5.41) is 0. The monoisotopic (exact) mass is 381 g/mol. The van der Waals surface area contributed by atoms with E-state index < -0.39 is 5.79 Å². The fourth-order valence-electron chi connectivity index (χ4n) is 3.79. The quantitative estimate of drug-likeness (QED) is 0.700. The van der Waals surface area contributed by atoms with Gasteiger partial charge in [-0.05, 0) is 38.0 Å². The van der Waals surface area contributed by atoms with Crippen molar-refractivity contribution in [1.82, 2.24) is 0 Å². The maximum absolute atomic E-state index is 13.5. The Morgan fingerprint density at radius 3 is 2.71 bits per heavy atom. The molecule has 2 aliphatic rings. The SMILES string of the molecule is CCCCOc1ccccc1CN1C(=O)C2(OCCCO2)c2cc(C)ccc21. The Labute approximate surface area is 166 Å². The molecule has 0 N–H and O–H groups in total. The van der Waals surface area contributed by atoms with E-state index in [2.05, 4.69) is 6.92 Å². The highest BCUT2D eigenvalue weighted by atomic mass is 16.7. The van der Waals surface area contributed by atoms with Crippen molar-refractivity contribution in [3.05, 3.63) is 59.2 Å². The van der Waals surface area contributed by atoms with Crippen molar-refractivity contribution < 1.29 is 19.0 Å². The molecule has 4 rings (SSSR count). The van der Waals surface area contributed by atoms with Gasteiger partial charge in [-0.2, -0.15) is 0 Å². The third-order valence-electron chi connectivity index (χ3n) is 5.28. The smallest absolute Gasteiger partial charge is 0.292 e. The number of carbonyl (C=O) groups is 1. The third-order valence-corrected chi connectivity index (χ3v) is 5.28. The van der Waals surface area contributed by atoms with Crippen LogP contribution in [0.15, 0.2) is 42.5 Å². The van der Waals surface area contributed by atoms with Gasteiger partial charge in [-0.25, -0.2) is 0 Å². The lowest BCUT2D eigenvalue weighted by Crippen LogP contribution is -2.47. The minimum Gasteiger partial charge on any atom is -0.493 e. The van der Waals surface area contributed by atoms with Gasteiger partial charge < -0.3 is 19.1 Å². The largest absolute Gasteiger partial charge is 0.493 e. The highest BCUT2D eigenvalue weighted by Gasteiger charge is 2.54. The van der Waals surface area contributed by atoms with E-state index in [1.165, 1.54) is 0 Å². The molecule has 0 radical (unpaired) electrons. The number of benzene rings is 2. The second-order valence-electron chi connectivity index (χ2n) is 7.39. The fourth-order valence-corrected chi connectivity index (χ4v) is 3.79. The van der Waals surface area contributed by atoms with Gasteiger partial charge in [-0.15, -0.1) is 0 Å². The molecule has 0 aromatic heterocycles. The summed E-state index contributed by atoms with van der Waals surface area (Å²) in [5.41, 5.74) is 3.71. The summed E-state index contributed by atoms with van der Waals surface area (Å²) < 4.78 is 17.9. The number of aryl methyl sites for hydroxylation is 1. The molecule has 2 aromatic rings. The lowest BCUT2D eigenvalue weighted by Gasteiger charge is -2.32. The molecule has 1 fully saturated rings. The van der Waals surface area contributed by atoms with Gasteiger partial charge in [0.2, 0.25) is 0 Å². The molecule has 5 heteroatoms. The Bertz CT molecular complexity index is 857. The average molecular weight is 381 g/mol. The van der Waals surface area contributed by atoms with Gasteiger partial charge in [0, 0.05) is 11.1 Å². The van der Waals surface area contributed by atoms with Crippen molar-refractivity contribution in [2.45, 2.75) is 45.4 Å². The number of unbranched alkanes of at least 4 members (excludes halogenated alkanes) is 1. The lowest BCUT2D eigenvalue weighted by atomic mass is 10.0. The van der Waals surface area contributed by atoms with Crippen molar-refractivity contribution in [3.8, 4) is 5.75 Å². The van der Waals surface area contributed by atoms with Crippen LogP contribution in [0.2, 0.25) is 0 Å². The van der Waals surface area contributed by atoms with E-state index in [1.807, 2.05) is 49.4 Å². The molecule has 0 saturated carbocycles. The molecule has 5 nitrogen and oxygen atoms in total. The van der Waals surface area contributed by atoms with Gasteiger partial charge in [0.15, 0.2) is 0 Å². The number of hydrogen-bond acceptors (Lipinski definition) is 4. The van der Waals surface area contributed by atoms with E-state index in [0.29, 0.717) is 26.4 Å². The highest BCUT2D eigenvalue weighted by molar-refractivity contribution is 6.06. The number of hydrogen-bond donors (Lipinski definition) is 0. The van der Waals surface area contributed by atoms with Crippen molar-refractivity contribution in [2.24, 2.45) is 0 Å². The molecule has 0 atom stereocenters. The molecule has 2 aliphatic heterocycles. The molecule has 1 spiro atoms. The number of anilines is 1. The first-order valence-corrected chi connectivity index (χ1v) is 10.1. The summed E-state index contributed by atoms with van der Waals surface area (Å²) in [6, 6.07) is 13.9. The minimum absolute atomic E-state index is 0.156. The zero-order chi connectivity index (χ0) is 19.6. The van der Waals surface area contributed by atoms with Gasteiger partial charge >= 0.3 is 0 Å². The Kier molecular flexibility index (Phi) is 5.38. The van der Waals surface area contributed by atoms with Crippen LogP contribution in [-0.4, -0.2) is 25.7 Å². The number of ether oxygens (including phenoxy) is 3. The van der Waals surface area contributed by atoms with E-state index in [0.717, 1.165) is 47.4 Å². The first kappa shape index (κ1) is 19.0. The van der Waals surface area contributed by atoms with Crippen molar-refractivity contribution in [3.63, 3.8) is 0 Å². The standard InChI is InChI=1S/C23H27NO4/c1-3-4-12-26-21-9-6-5-8-18(21)16-24-20-11-10-17(2)15-19(20)23(22(24)25)27-13-7-14-28-23/h5-6,8-11,15H,3-4,7,12-14,16H2,1-2H3. The van der Waals surface area contributed by atoms with E-state index in [4.69, 9.17) is 14.2 Å². The summed E-state index contributed by atoms with van der Waals surface area (Å²) in [7, 11) is 0. The number of para-hydroxylation sites is 1. The average Bonchev–Trinajstić information content (AvgIpc) is 2.92. The number of fused-ring (bicyclic) bond motifs is 2. The van der Waals surface area contributed by atoms with Crippen LogP contribution in [0, 0.1) is 6.92 Å². The summed E-state index contributed by atoms with van der Waals surface area (Å²) >= 11 is 0. The molecule has 0 aliphatic carbocycles. The molecular weight excluding hydrogens is 354 g/mol. The Balaban J connectivity index is 1.67. The molecule has 148 valence electrons. The Morgan fingerprint density at radius 1 is 1.14 bits per heavy atom. The van der Waals surface area contributed by atoms with E-state index in [9.17, 15) is 4.79 Å². The molecule has 0 unspecified atom stereocenters. The van der Waals surface area contributed by atoms with Crippen LogP contribution in [0.4, 0.5) is 5.69 Å². The number of amides is 1. The first-order valence-electron chi connectivity index (χ1n) is 10.1.